The molecule has 0 unspecified atom stereocenters. The molecule has 204 valence electrons. The van der Waals surface area contributed by atoms with Crippen LogP contribution in [0.3, 0.4) is 0 Å². The number of methoxy groups -OCH3 is 1. The molecule has 0 radical (unpaired) electrons. The summed E-state index contributed by atoms with van der Waals surface area (Å²) in [5.74, 6) is -0.461. The third-order valence-corrected chi connectivity index (χ3v) is 8.66. The van der Waals surface area contributed by atoms with Gasteiger partial charge in [-0.2, -0.15) is 0 Å². The molecule has 9 nitrogen and oxygen atoms in total. The van der Waals surface area contributed by atoms with E-state index in [2.05, 4.69) is 27.7 Å². The van der Waals surface area contributed by atoms with E-state index in [9.17, 15) is 9.59 Å². The van der Waals surface area contributed by atoms with Gasteiger partial charge in [0.2, 0.25) is 0 Å². The van der Waals surface area contributed by atoms with Gasteiger partial charge in [-0.1, -0.05) is 25.3 Å². The minimum absolute atomic E-state index is 0.322. The number of aromatic nitrogens is 2. The zero-order chi connectivity index (χ0) is 27.0. The number of amides is 1. The first-order chi connectivity index (χ1) is 18.2. The number of carbonyl (C=O) groups is 2. The average Bonchev–Trinajstić information content (AvgIpc) is 3.48. The van der Waals surface area contributed by atoms with Gasteiger partial charge in [-0.15, -0.1) is 11.3 Å². The lowest BCUT2D eigenvalue weighted by molar-refractivity contribution is 0.0240. The van der Waals surface area contributed by atoms with Crippen molar-refractivity contribution in [3.05, 3.63) is 30.1 Å². The molecule has 10 heteroatoms. The first-order valence-corrected chi connectivity index (χ1v) is 14.2. The molecule has 1 saturated carbocycles. The Morgan fingerprint density at radius 2 is 1.79 bits per heavy atom. The number of rotatable bonds is 4. The Bertz CT molecular complexity index is 1330. The van der Waals surface area contributed by atoms with E-state index in [-0.39, 0.29) is 6.09 Å². The summed E-state index contributed by atoms with van der Waals surface area (Å²) in [6.07, 6.45) is 7.86. The molecule has 3 aromatic rings. The lowest BCUT2D eigenvalue weighted by atomic mass is 9.95. The van der Waals surface area contributed by atoms with Crippen LogP contribution in [0.1, 0.15) is 69.3 Å². The van der Waals surface area contributed by atoms with Crippen LogP contribution in [0.25, 0.3) is 21.5 Å². The summed E-state index contributed by atoms with van der Waals surface area (Å²) in [6, 6.07) is 6.74. The topological polar surface area (TPSA) is 103 Å². The predicted octanol–water partition coefficient (Wildman–Crippen LogP) is 5.70. The zero-order valence-electron chi connectivity index (χ0n) is 22.7. The van der Waals surface area contributed by atoms with Crippen LogP contribution >= 0.6 is 11.3 Å². The second-order valence-corrected chi connectivity index (χ2v) is 12.1. The number of nitrogens with two attached hydrogens (primary N) is 1. The number of ether oxygens (including phenoxy) is 2. The smallest absolute Gasteiger partial charge is 0.410 e. The van der Waals surface area contributed by atoms with Crippen LogP contribution in [0.15, 0.2) is 24.5 Å². The Hall–Kier alpha value is -3.27. The van der Waals surface area contributed by atoms with Crippen LogP contribution in [-0.4, -0.2) is 65.4 Å². The molecule has 0 spiro atoms. The van der Waals surface area contributed by atoms with Crippen molar-refractivity contribution >= 4 is 45.1 Å². The van der Waals surface area contributed by atoms with E-state index in [1.54, 1.807) is 4.90 Å². The van der Waals surface area contributed by atoms with E-state index < -0.39 is 11.6 Å². The number of thiophene rings is 1. The summed E-state index contributed by atoms with van der Waals surface area (Å²) >= 11 is 1.48. The Balaban J connectivity index is 1.42. The molecule has 0 bridgehead atoms. The third kappa shape index (κ3) is 5.18. The molecule has 3 heterocycles. The number of anilines is 2. The Morgan fingerprint density at radius 3 is 2.45 bits per heavy atom. The highest BCUT2D eigenvalue weighted by Gasteiger charge is 2.31. The maximum absolute atomic E-state index is 12.8. The molecule has 1 amide bonds. The van der Waals surface area contributed by atoms with Crippen molar-refractivity contribution in [2.75, 3.05) is 43.9 Å². The first-order valence-electron chi connectivity index (χ1n) is 13.4. The second kappa shape index (κ2) is 10.5. The van der Waals surface area contributed by atoms with E-state index in [1.165, 1.54) is 50.6 Å². The molecule has 2 aliphatic rings. The summed E-state index contributed by atoms with van der Waals surface area (Å²) in [7, 11) is 1.37. The number of imidazole rings is 1. The number of benzene rings is 1. The molecule has 2 aromatic heterocycles. The Labute approximate surface area is 227 Å². The number of piperazine rings is 1. The minimum Gasteiger partial charge on any atom is -0.465 e. The number of nitrogen functional groups attached to an aromatic ring is 1. The molecule has 2 fully saturated rings. The van der Waals surface area contributed by atoms with Gasteiger partial charge in [-0.3, -0.25) is 0 Å². The molecular weight excluding hydrogens is 502 g/mol. The Morgan fingerprint density at radius 1 is 1.08 bits per heavy atom. The number of fused-ring (bicyclic) bond motifs is 1. The second-order valence-electron chi connectivity index (χ2n) is 11.1. The predicted molar refractivity (Wildman–Crippen MR) is 151 cm³/mol. The molecule has 38 heavy (non-hydrogen) atoms. The molecular formula is C28H37N5O4S. The maximum Gasteiger partial charge on any atom is 0.410 e. The summed E-state index contributed by atoms with van der Waals surface area (Å²) in [5, 5.41) is 0.765. The van der Waals surface area contributed by atoms with Crippen LogP contribution in [-0.2, 0) is 9.47 Å². The Kier molecular flexibility index (Phi) is 7.26. The standard InChI is InChI=1S/C28H37N5O4S/c1-28(2,3)37-27(35)32-14-12-31(13-15-32)25-22(26(34)36-4)23(29)24(38-25)18-10-11-21-20(16-18)30-17-33(21)19-8-6-5-7-9-19/h10-11,16-17,19H,5-9,12-15,29H2,1-4H3. The van der Waals surface area contributed by atoms with Crippen LogP contribution in [0.2, 0.25) is 0 Å². The van der Waals surface area contributed by atoms with Gasteiger partial charge >= 0.3 is 12.1 Å². The van der Waals surface area contributed by atoms with Crippen molar-refractivity contribution in [2.24, 2.45) is 0 Å². The summed E-state index contributed by atoms with van der Waals surface area (Å²) < 4.78 is 12.9. The van der Waals surface area contributed by atoms with Gasteiger partial charge in [0.15, 0.2) is 0 Å². The van der Waals surface area contributed by atoms with Gasteiger partial charge in [-0.25, -0.2) is 14.6 Å². The van der Waals surface area contributed by atoms with Crippen molar-refractivity contribution in [3.8, 4) is 10.4 Å². The van der Waals surface area contributed by atoms with Gasteiger partial charge in [0, 0.05) is 32.2 Å². The van der Waals surface area contributed by atoms with Crippen molar-refractivity contribution in [1.82, 2.24) is 14.5 Å². The van der Waals surface area contributed by atoms with E-state index in [0.717, 1.165) is 26.5 Å². The van der Waals surface area contributed by atoms with Crippen LogP contribution in [0.4, 0.5) is 15.5 Å². The molecule has 1 aliphatic carbocycles. The van der Waals surface area contributed by atoms with Gasteiger partial charge in [0.05, 0.1) is 35.0 Å². The van der Waals surface area contributed by atoms with Crippen molar-refractivity contribution in [2.45, 2.75) is 64.5 Å². The minimum atomic E-state index is -0.545. The lowest BCUT2D eigenvalue weighted by Gasteiger charge is -2.36. The summed E-state index contributed by atoms with van der Waals surface area (Å²) in [6.45, 7) is 7.69. The molecule has 1 aromatic carbocycles. The van der Waals surface area contributed by atoms with Crippen molar-refractivity contribution in [1.29, 1.82) is 0 Å². The van der Waals surface area contributed by atoms with Crippen LogP contribution in [0, 0.1) is 0 Å². The normalized spacial score (nSPS) is 17.2. The zero-order valence-corrected chi connectivity index (χ0v) is 23.5. The fraction of sp³-hybridized carbons (Fsp3) is 0.536. The third-order valence-electron chi connectivity index (χ3n) is 7.34. The van der Waals surface area contributed by atoms with Crippen molar-refractivity contribution < 1.29 is 19.1 Å². The highest BCUT2D eigenvalue weighted by molar-refractivity contribution is 7.20. The largest absolute Gasteiger partial charge is 0.465 e. The fourth-order valence-electron chi connectivity index (χ4n) is 5.41. The van der Waals surface area contributed by atoms with Crippen LogP contribution in [0.5, 0.6) is 0 Å². The fourth-order valence-corrected chi connectivity index (χ4v) is 6.67. The van der Waals surface area contributed by atoms with Gasteiger partial charge in [-0.05, 0) is 51.3 Å². The lowest BCUT2D eigenvalue weighted by Crippen LogP contribution is -2.50. The van der Waals surface area contributed by atoms with Gasteiger partial charge < -0.3 is 29.6 Å². The number of hydrogen-bond acceptors (Lipinski definition) is 8. The maximum atomic E-state index is 12.8. The number of carbonyl (C=O) groups excluding carboxylic acids is 2. The molecule has 0 atom stereocenters. The van der Waals surface area contributed by atoms with E-state index in [1.807, 2.05) is 27.1 Å². The molecule has 1 aliphatic heterocycles. The van der Waals surface area contributed by atoms with Crippen molar-refractivity contribution in [3.63, 3.8) is 0 Å². The molecule has 5 rings (SSSR count). The summed E-state index contributed by atoms with van der Waals surface area (Å²) in [4.78, 5) is 34.7. The van der Waals surface area contributed by atoms with Crippen LogP contribution < -0.4 is 10.6 Å². The molecule has 2 N–H and O–H groups in total. The quantitative estimate of drug-likeness (QED) is 0.425. The van der Waals surface area contributed by atoms with E-state index in [0.29, 0.717) is 43.5 Å². The molecule has 1 saturated heterocycles. The average molecular weight is 540 g/mol. The number of esters is 1. The summed E-state index contributed by atoms with van der Waals surface area (Å²) in [5.41, 5.74) is 9.83. The van der Waals surface area contributed by atoms with E-state index >= 15 is 0 Å². The van der Waals surface area contributed by atoms with Gasteiger partial charge in [0.25, 0.3) is 0 Å². The van der Waals surface area contributed by atoms with E-state index in [4.69, 9.17) is 20.2 Å². The number of hydrogen-bond donors (Lipinski definition) is 1. The van der Waals surface area contributed by atoms with Gasteiger partial charge in [0.1, 0.15) is 16.2 Å². The monoisotopic (exact) mass is 539 g/mol. The first kappa shape index (κ1) is 26.3. The number of nitrogens with zero attached hydrogens (tertiary/aromatic N) is 4. The highest BCUT2D eigenvalue weighted by Crippen LogP contribution is 2.45. The highest BCUT2D eigenvalue weighted by atomic mass is 32.1. The SMILES string of the molecule is COC(=O)c1c(N2CCN(C(=O)OC(C)(C)C)CC2)sc(-c2ccc3c(c2)ncn3C2CCCCC2)c1N.